The number of carbonyl (C=O) groups is 1. The molecule has 0 aliphatic rings. The number of hydrogen-bond acceptors (Lipinski definition) is 7. The van der Waals surface area contributed by atoms with E-state index in [-0.39, 0.29) is 12.0 Å². The van der Waals surface area contributed by atoms with Crippen LogP contribution in [0.5, 0.6) is 0 Å². The van der Waals surface area contributed by atoms with Crippen LogP contribution in [0, 0.1) is 6.92 Å². The first-order valence-corrected chi connectivity index (χ1v) is 13.7. The summed E-state index contributed by atoms with van der Waals surface area (Å²) in [4.78, 5) is 30.4. The molecule has 0 fully saturated rings. The van der Waals surface area contributed by atoms with E-state index >= 15 is 0 Å². The summed E-state index contributed by atoms with van der Waals surface area (Å²) in [5.74, 6) is -0.378. The van der Waals surface area contributed by atoms with Gasteiger partial charge in [0.05, 0.1) is 6.61 Å². The van der Waals surface area contributed by atoms with E-state index in [0.29, 0.717) is 33.8 Å². The number of fused-ring (bicyclic) bond motifs is 1. The lowest BCUT2D eigenvalue weighted by molar-refractivity contribution is 0.0503. The van der Waals surface area contributed by atoms with Crippen molar-refractivity contribution in [1.82, 2.24) is 4.98 Å². The minimum atomic E-state index is -0.456. The molecule has 0 atom stereocenters. The number of hydrogen-bond donors (Lipinski definition) is 1. The maximum Gasteiger partial charge on any atom is 0.349 e. The molecule has 186 valence electrons. The fourth-order valence-electron chi connectivity index (χ4n) is 3.91. The van der Waals surface area contributed by atoms with Gasteiger partial charge in [-0.2, -0.15) is 4.98 Å². The quantitative estimate of drug-likeness (QED) is 0.175. The first-order chi connectivity index (χ1) is 16.1. The standard InChI is InChI=1S/C26H42N2O4S/c1-4-6-8-10-12-13-14-16-18-27-26-28-23-21(24(29)32-26)20(3)22(33-23)25(30)31-19-17-15-11-9-7-5-2/h4-19H2,1-3H3,(H,27,28). The lowest BCUT2D eigenvalue weighted by Gasteiger charge is -2.04. The normalized spacial score (nSPS) is 11.2. The highest BCUT2D eigenvalue weighted by Gasteiger charge is 2.21. The summed E-state index contributed by atoms with van der Waals surface area (Å²) in [6, 6.07) is 0.226. The highest BCUT2D eigenvalue weighted by Crippen LogP contribution is 2.29. The predicted octanol–water partition coefficient (Wildman–Crippen LogP) is 7.63. The van der Waals surface area contributed by atoms with Crippen LogP contribution < -0.4 is 10.9 Å². The molecular weight excluding hydrogens is 436 g/mol. The Balaban J connectivity index is 1.81. The van der Waals surface area contributed by atoms with Crippen molar-refractivity contribution in [3.05, 3.63) is 20.9 Å². The molecule has 0 bridgehead atoms. The number of aryl methyl sites for hydroxylation is 1. The SMILES string of the molecule is CCCCCCCCCCNc1nc2sc(C(=O)OCCCCCCCC)c(C)c2c(=O)o1. The second-order valence-electron chi connectivity index (χ2n) is 8.85. The molecular formula is C26H42N2O4S. The molecule has 33 heavy (non-hydrogen) atoms. The average Bonchev–Trinajstić information content (AvgIpc) is 3.14. The Morgan fingerprint density at radius 2 is 1.48 bits per heavy atom. The predicted molar refractivity (Wildman–Crippen MR) is 138 cm³/mol. The van der Waals surface area contributed by atoms with Gasteiger partial charge in [-0.3, -0.25) is 0 Å². The molecule has 0 spiro atoms. The molecule has 0 saturated heterocycles. The van der Waals surface area contributed by atoms with Crippen LogP contribution in [-0.2, 0) is 4.74 Å². The summed E-state index contributed by atoms with van der Waals surface area (Å²) < 4.78 is 10.8. The minimum Gasteiger partial charge on any atom is -0.462 e. The van der Waals surface area contributed by atoms with Crippen LogP contribution in [0.1, 0.15) is 119 Å². The summed E-state index contributed by atoms with van der Waals surface area (Å²) in [6.07, 6.45) is 16.7. The fourth-order valence-corrected chi connectivity index (χ4v) is 4.97. The monoisotopic (exact) mass is 478 g/mol. The lowest BCUT2D eigenvalue weighted by Crippen LogP contribution is -2.09. The maximum absolute atomic E-state index is 12.5. The van der Waals surface area contributed by atoms with E-state index in [0.717, 1.165) is 25.7 Å². The molecule has 0 amide bonds. The third-order valence-electron chi connectivity index (χ3n) is 5.95. The number of nitrogens with zero attached hydrogens (tertiary/aromatic N) is 1. The Labute approximate surface area is 202 Å². The van der Waals surface area contributed by atoms with E-state index in [1.807, 2.05) is 0 Å². The van der Waals surface area contributed by atoms with Crippen LogP contribution in [0.3, 0.4) is 0 Å². The molecule has 0 aliphatic heterocycles. The van der Waals surface area contributed by atoms with Gasteiger partial charge in [0.2, 0.25) is 0 Å². The van der Waals surface area contributed by atoms with Crippen LogP contribution in [0.4, 0.5) is 6.01 Å². The van der Waals surface area contributed by atoms with Crippen LogP contribution in [-0.4, -0.2) is 24.1 Å². The average molecular weight is 479 g/mol. The minimum absolute atomic E-state index is 0.226. The van der Waals surface area contributed by atoms with Crippen molar-refractivity contribution < 1.29 is 13.9 Å². The number of esters is 1. The number of anilines is 1. The fraction of sp³-hybridized carbons (Fsp3) is 0.731. The summed E-state index contributed by atoms with van der Waals surface area (Å²) >= 11 is 1.21. The zero-order chi connectivity index (χ0) is 23.9. The van der Waals surface area contributed by atoms with Crippen LogP contribution in [0.15, 0.2) is 9.21 Å². The van der Waals surface area contributed by atoms with E-state index in [9.17, 15) is 9.59 Å². The molecule has 2 aromatic rings. The second kappa shape index (κ2) is 15.9. The van der Waals surface area contributed by atoms with E-state index in [4.69, 9.17) is 9.15 Å². The Hall–Kier alpha value is -1.89. The topological polar surface area (TPSA) is 81.4 Å². The van der Waals surface area contributed by atoms with Crippen molar-refractivity contribution in [3.8, 4) is 0 Å². The zero-order valence-electron chi connectivity index (χ0n) is 20.8. The molecule has 0 saturated carbocycles. The van der Waals surface area contributed by atoms with Crippen molar-refractivity contribution in [2.24, 2.45) is 0 Å². The van der Waals surface area contributed by atoms with Crippen molar-refractivity contribution in [1.29, 1.82) is 0 Å². The second-order valence-corrected chi connectivity index (χ2v) is 9.85. The number of nitrogens with one attached hydrogen (secondary N) is 1. The molecule has 6 nitrogen and oxygen atoms in total. The molecule has 0 unspecified atom stereocenters. The highest BCUT2D eigenvalue weighted by atomic mass is 32.1. The summed E-state index contributed by atoms with van der Waals surface area (Å²) in [5.41, 5.74) is 0.140. The first-order valence-electron chi connectivity index (χ1n) is 12.9. The third-order valence-corrected chi connectivity index (χ3v) is 7.11. The Kier molecular flexibility index (Phi) is 13.1. The number of unbranched alkanes of at least 4 members (excludes halogenated alkanes) is 12. The number of ether oxygens (including phenoxy) is 1. The van der Waals surface area contributed by atoms with Gasteiger partial charge in [-0.05, 0) is 25.3 Å². The van der Waals surface area contributed by atoms with Crippen LogP contribution >= 0.6 is 11.3 Å². The molecule has 0 aliphatic carbocycles. The largest absolute Gasteiger partial charge is 0.462 e. The van der Waals surface area contributed by atoms with E-state index in [2.05, 4.69) is 24.1 Å². The number of carbonyl (C=O) groups excluding carboxylic acids is 1. The summed E-state index contributed by atoms with van der Waals surface area (Å²) in [6.45, 7) is 7.31. The van der Waals surface area contributed by atoms with E-state index in [1.54, 1.807) is 6.92 Å². The maximum atomic E-state index is 12.5. The highest BCUT2D eigenvalue weighted by molar-refractivity contribution is 7.20. The third kappa shape index (κ3) is 9.48. The van der Waals surface area contributed by atoms with Gasteiger partial charge in [-0.1, -0.05) is 90.9 Å². The molecule has 2 aromatic heterocycles. The van der Waals surface area contributed by atoms with Gasteiger partial charge in [0.15, 0.2) is 0 Å². The Morgan fingerprint density at radius 3 is 2.12 bits per heavy atom. The van der Waals surface area contributed by atoms with Gasteiger partial charge in [0.1, 0.15) is 15.1 Å². The van der Waals surface area contributed by atoms with Gasteiger partial charge in [-0.15, -0.1) is 11.3 Å². The van der Waals surface area contributed by atoms with Gasteiger partial charge >= 0.3 is 11.6 Å². The lowest BCUT2D eigenvalue weighted by atomic mass is 10.1. The molecule has 1 N–H and O–H groups in total. The molecule has 0 radical (unpaired) electrons. The smallest absolute Gasteiger partial charge is 0.349 e. The van der Waals surface area contributed by atoms with Crippen molar-refractivity contribution in [3.63, 3.8) is 0 Å². The van der Waals surface area contributed by atoms with Crippen molar-refractivity contribution >= 4 is 33.5 Å². The van der Waals surface area contributed by atoms with Crippen LogP contribution in [0.2, 0.25) is 0 Å². The van der Waals surface area contributed by atoms with E-state index in [1.165, 1.54) is 75.5 Å². The summed E-state index contributed by atoms with van der Waals surface area (Å²) in [7, 11) is 0. The van der Waals surface area contributed by atoms with Crippen molar-refractivity contribution in [2.75, 3.05) is 18.5 Å². The summed E-state index contributed by atoms with van der Waals surface area (Å²) in [5, 5.41) is 3.50. The number of rotatable bonds is 18. The first kappa shape index (κ1) is 27.4. The Morgan fingerprint density at radius 1 is 0.909 bits per heavy atom. The molecule has 7 heteroatoms. The van der Waals surface area contributed by atoms with E-state index < -0.39 is 5.63 Å². The number of aromatic nitrogens is 1. The molecule has 2 heterocycles. The van der Waals surface area contributed by atoms with Gasteiger partial charge in [0, 0.05) is 6.54 Å². The van der Waals surface area contributed by atoms with Gasteiger partial charge in [0.25, 0.3) is 6.01 Å². The molecule has 2 rings (SSSR count). The van der Waals surface area contributed by atoms with Crippen molar-refractivity contribution in [2.45, 2.75) is 111 Å². The zero-order valence-corrected chi connectivity index (χ0v) is 21.6. The molecule has 0 aromatic carbocycles. The number of thiophene rings is 1. The van der Waals surface area contributed by atoms with Crippen LogP contribution in [0.25, 0.3) is 10.2 Å². The van der Waals surface area contributed by atoms with Gasteiger partial charge < -0.3 is 14.5 Å². The Bertz CT molecular complexity index is 890. The van der Waals surface area contributed by atoms with Gasteiger partial charge in [-0.25, -0.2) is 9.59 Å².